The summed E-state index contributed by atoms with van der Waals surface area (Å²) in [4.78, 5) is 16.6. The molecule has 9 heteroatoms. The number of nitrogens with two attached hydrogens (primary N) is 1. The second-order valence-corrected chi connectivity index (χ2v) is 6.63. The molecule has 2 aliphatic rings. The van der Waals surface area contributed by atoms with E-state index in [1.165, 1.54) is 0 Å². The number of rotatable bonds is 6. The molecular weight excluding hydrogens is 399 g/mol. The Morgan fingerprint density at radius 1 is 1.12 bits per heavy atom. The van der Waals surface area contributed by atoms with Crippen LogP contribution in [0.3, 0.4) is 0 Å². The third kappa shape index (κ3) is 7.10. The molecule has 1 amide bonds. The van der Waals surface area contributed by atoms with Crippen molar-refractivity contribution < 1.29 is 9.53 Å². The summed E-state index contributed by atoms with van der Waals surface area (Å²) in [6, 6.07) is 7.48. The number of hydrogen-bond donors (Lipinski definition) is 2. The lowest BCUT2D eigenvalue weighted by atomic mass is 10.2. The van der Waals surface area contributed by atoms with Crippen LogP contribution in [0, 0.1) is 0 Å². The standard InChI is InChI=1S/C17H26N4O2.3ClH/c1-20-8-10-21(11-9-20)12-13-23-15-4-2-14(3-5-15)19-16(22)17(18)6-7-17;;;/h2-5H,6-13,18H2,1H3,(H,19,22);3*1H. The van der Waals surface area contributed by atoms with Crippen molar-refractivity contribution in [1.29, 1.82) is 0 Å². The van der Waals surface area contributed by atoms with Crippen LogP contribution in [0.15, 0.2) is 24.3 Å². The van der Waals surface area contributed by atoms with Crippen LogP contribution in [0.25, 0.3) is 0 Å². The van der Waals surface area contributed by atoms with Gasteiger partial charge >= 0.3 is 0 Å². The maximum absolute atomic E-state index is 11.9. The van der Waals surface area contributed by atoms with E-state index in [4.69, 9.17) is 10.5 Å². The molecule has 1 saturated heterocycles. The number of carbonyl (C=O) groups is 1. The largest absolute Gasteiger partial charge is 0.492 e. The van der Waals surface area contributed by atoms with E-state index in [0.717, 1.165) is 57.0 Å². The number of carbonyl (C=O) groups excluding carboxylic acids is 1. The van der Waals surface area contributed by atoms with E-state index in [1.807, 2.05) is 24.3 Å². The van der Waals surface area contributed by atoms with Gasteiger partial charge in [0, 0.05) is 38.4 Å². The van der Waals surface area contributed by atoms with Gasteiger partial charge in [-0.25, -0.2) is 0 Å². The summed E-state index contributed by atoms with van der Waals surface area (Å²) < 4.78 is 5.78. The minimum atomic E-state index is -0.641. The van der Waals surface area contributed by atoms with Crippen LogP contribution in [-0.4, -0.2) is 67.6 Å². The van der Waals surface area contributed by atoms with Crippen LogP contribution in [0.2, 0.25) is 0 Å². The quantitative estimate of drug-likeness (QED) is 0.727. The molecule has 26 heavy (non-hydrogen) atoms. The van der Waals surface area contributed by atoms with E-state index < -0.39 is 5.54 Å². The van der Waals surface area contributed by atoms with Gasteiger partial charge in [0.1, 0.15) is 12.4 Å². The van der Waals surface area contributed by atoms with Crippen molar-refractivity contribution in [1.82, 2.24) is 9.80 Å². The number of nitrogens with zero attached hydrogens (tertiary/aromatic N) is 2. The van der Waals surface area contributed by atoms with Crippen LogP contribution in [0.4, 0.5) is 5.69 Å². The topological polar surface area (TPSA) is 70.8 Å². The molecule has 150 valence electrons. The van der Waals surface area contributed by atoms with Gasteiger partial charge in [-0.05, 0) is 44.2 Å². The predicted octanol–water partition coefficient (Wildman–Crippen LogP) is 2.01. The van der Waals surface area contributed by atoms with Gasteiger partial charge in [0.2, 0.25) is 5.91 Å². The Hall–Kier alpha value is -0.760. The van der Waals surface area contributed by atoms with Crippen molar-refractivity contribution in [2.75, 3.05) is 51.7 Å². The zero-order valence-corrected chi connectivity index (χ0v) is 17.4. The van der Waals surface area contributed by atoms with Crippen LogP contribution < -0.4 is 15.8 Å². The highest BCUT2D eigenvalue weighted by molar-refractivity contribution is 6.00. The number of anilines is 1. The summed E-state index contributed by atoms with van der Waals surface area (Å²) in [6.07, 6.45) is 1.54. The van der Waals surface area contributed by atoms with Crippen LogP contribution in [-0.2, 0) is 4.79 Å². The van der Waals surface area contributed by atoms with Crippen molar-refractivity contribution >= 4 is 48.8 Å². The fourth-order valence-corrected chi connectivity index (χ4v) is 2.62. The molecule has 0 spiro atoms. The average Bonchev–Trinajstić information content (AvgIpc) is 3.30. The van der Waals surface area contributed by atoms with Crippen LogP contribution in [0.5, 0.6) is 5.75 Å². The molecule has 0 atom stereocenters. The van der Waals surface area contributed by atoms with Crippen molar-refractivity contribution in [3.63, 3.8) is 0 Å². The number of benzene rings is 1. The summed E-state index contributed by atoms with van der Waals surface area (Å²) >= 11 is 0. The van der Waals surface area contributed by atoms with Gasteiger partial charge in [-0.1, -0.05) is 0 Å². The number of ether oxygens (including phenoxy) is 1. The Balaban J connectivity index is 0.00000208. The molecule has 6 nitrogen and oxygen atoms in total. The summed E-state index contributed by atoms with van der Waals surface area (Å²) in [7, 11) is 2.16. The molecule has 0 unspecified atom stereocenters. The first-order valence-corrected chi connectivity index (χ1v) is 8.29. The number of piperazine rings is 1. The van der Waals surface area contributed by atoms with Crippen molar-refractivity contribution in [2.45, 2.75) is 18.4 Å². The summed E-state index contributed by atoms with van der Waals surface area (Å²) in [5.41, 5.74) is 5.99. The molecule has 0 aromatic heterocycles. The lowest BCUT2D eigenvalue weighted by Crippen LogP contribution is -2.45. The molecule has 1 aliphatic carbocycles. The Bertz CT molecular complexity index is 547. The van der Waals surface area contributed by atoms with E-state index in [-0.39, 0.29) is 43.1 Å². The molecule has 3 rings (SSSR count). The van der Waals surface area contributed by atoms with Gasteiger partial charge in [0.25, 0.3) is 0 Å². The summed E-state index contributed by atoms with van der Waals surface area (Å²) in [5, 5.41) is 2.85. The maximum Gasteiger partial charge on any atom is 0.244 e. The van der Waals surface area contributed by atoms with E-state index in [0.29, 0.717) is 6.61 Å². The zero-order valence-electron chi connectivity index (χ0n) is 15.0. The van der Waals surface area contributed by atoms with E-state index in [9.17, 15) is 4.79 Å². The molecule has 0 radical (unpaired) electrons. The molecule has 1 saturated carbocycles. The minimum Gasteiger partial charge on any atom is -0.492 e. The fraction of sp³-hybridized carbons (Fsp3) is 0.588. The number of nitrogens with one attached hydrogen (secondary N) is 1. The van der Waals surface area contributed by atoms with E-state index >= 15 is 0 Å². The molecule has 1 heterocycles. The first-order valence-electron chi connectivity index (χ1n) is 8.29. The third-order valence-corrected chi connectivity index (χ3v) is 4.63. The average molecular weight is 428 g/mol. The molecule has 1 aliphatic heterocycles. The van der Waals surface area contributed by atoms with Gasteiger partial charge in [-0.15, -0.1) is 37.2 Å². The first kappa shape index (κ1) is 25.2. The number of hydrogen-bond acceptors (Lipinski definition) is 5. The highest BCUT2D eigenvalue weighted by Crippen LogP contribution is 2.33. The Morgan fingerprint density at radius 2 is 1.69 bits per heavy atom. The van der Waals surface area contributed by atoms with Crippen LogP contribution >= 0.6 is 37.2 Å². The smallest absolute Gasteiger partial charge is 0.244 e. The molecular formula is C17H29Cl3N4O2. The molecule has 0 bridgehead atoms. The van der Waals surface area contributed by atoms with Gasteiger partial charge in [-0.3, -0.25) is 9.69 Å². The monoisotopic (exact) mass is 426 g/mol. The lowest BCUT2D eigenvalue weighted by molar-refractivity contribution is -0.118. The highest BCUT2D eigenvalue weighted by Gasteiger charge is 2.45. The molecule has 1 aromatic rings. The maximum atomic E-state index is 11.9. The Kier molecular flexibility index (Phi) is 10.8. The van der Waals surface area contributed by atoms with Gasteiger partial charge < -0.3 is 20.7 Å². The summed E-state index contributed by atoms with van der Waals surface area (Å²) in [5.74, 6) is 0.729. The SMILES string of the molecule is CN1CCN(CCOc2ccc(NC(=O)C3(N)CC3)cc2)CC1.Cl.Cl.Cl. The Morgan fingerprint density at radius 3 is 2.23 bits per heavy atom. The number of amides is 1. The molecule has 1 aromatic carbocycles. The molecule has 2 fully saturated rings. The minimum absolute atomic E-state index is 0. The normalized spacial score (nSPS) is 18.5. The zero-order chi connectivity index (χ0) is 16.3. The number of likely N-dealkylation sites (N-methyl/N-ethyl adjacent to an activating group) is 1. The second kappa shape index (κ2) is 11.2. The second-order valence-electron chi connectivity index (χ2n) is 6.63. The highest BCUT2D eigenvalue weighted by atomic mass is 35.5. The van der Waals surface area contributed by atoms with Gasteiger partial charge in [-0.2, -0.15) is 0 Å². The van der Waals surface area contributed by atoms with Gasteiger partial charge in [0.15, 0.2) is 0 Å². The first-order chi connectivity index (χ1) is 11.0. The Labute approximate surface area is 174 Å². The fourth-order valence-electron chi connectivity index (χ4n) is 2.62. The van der Waals surface area contributed by atoms with Crippen molar-refractivity contribution in [2.24, 2.45) is 5.73 Å². The predicted molar refractivity (Wildman–Crippen MR) is 112 cm³/mol. The number of halogens is 3. The van der Waals surface area contributed by atoms with E-state index in [2.05, 4.69) is 22.2 Å². The van der Waals surface area contributed by atoms with E-state index in [1.54, 1.807) is 0 Å². The molecule has 3 N–H and O–H groups in total. The summed E-state index contributed by atoms with van der Waals surface area (Å²) in [6.45, 7) is 6.08. The van der Waals surface area contributed by atoms with Crippen molar-refractivity contribution in [3.8, 4) is 5.75 Å². The lowest BCUT2D eigenvalue weighted by Gasteiger charge is -2.32. The third-order valence-electron chi connectivity index (χ3n) is 4.63. The van der Waals surface area contributed by atoms with Crippen LogP contribution in [0.1, 0.15) is 12.8 Å². The van der Waals surface area contributed by atoms with Gasteiger partial charge in [0.05, 0.1) is 5.54 Å². The van der Waals surface area contributed by atoms with Crippen molar-refractivity contribution in [3.05, 3.63) is 24.3 Å².